The van der Waals surface area contributed by atoms with Crippen LogP contribution in [0.25, 0.3) is 11.0 Å². The molecular weight excluding hydrogens is 325 g/mol. The molecule has 0 atom stereocenters. The average molecular weight is 336 g/mol. The number of amides is 1. The van der Waals surface area contributed by atoms with E-state index in [2.05, 4.69) is 20.4 Å². The number of aromatic nitrogens is 3. The number of halogens is 3. The lowest BCUT2D eigenvalue weighted by molar-refractivity contribution is -0.274. The summed E-state index contributed by atoms with van der Waals surface area (Å²) in [4.78, 5) is 12.0. The van der Waals surface area contributed by atoms with E-state index < -0.39 is 6.36 Å². The predicted octanol–water partition coefficient (Wildman–Crippen LogP) is 2.97. The molecule has 2 aromatic carbocycles. The summed E-state index contributed by atoms with van der Waals surface area (Å²) in [5.74, 6) is -0.738. The lowest BCUT2D eigenvalue weighted by Crippen LogP contribution is -2.19. The SMILES string of the molecule is O=C(Cn1nnc2ccccc21)Nc1ccc(OC(F)(F)F)cc1. The van der Waals surface area contributed by atoms with Crippen molar-refractivity contribution in [1.82, 2.24) is 15.0 Å². The van der Waals surface area contributed by atoms with Crippen LogP contribution in [-0.4, -0.2) is 27.3 Å². The smallest absolute Gasteiger partial charge is 0.406 e. The van der Waals surface area contributed by atoms with Gasteiger partial charge >= 0.3 is 6.36 Å². The average Bonchev–Trinajstić information content (AvgIpc) is 2.91. The lowest BCUT2D eigenvalue weighted by Gasteiger charge is -2.10. The Balaban J connectivity index is 1.64. The van der Waals surface area contributed by atoms with E-state index in [1.807, 2.05) is 6.07 Å². The highest BCUT2D eigenvalue weighted by atomic mass is 19.4. The van der Waals surface area contributed by atoms with Crippen molar-refractivity contribution in [1.29, 1.82) is 0 Å². The third kappa shape index (κ3) is 3.80. The molecule has 1 heterocycles. The summed E-state index contributed by atoms with van der Waals surface area (Å²) in [5.41, 5.74) is 1.72. The van der Waals surface area contributed by atoms with Crippen LogP contribution < -0.4 is 10.1 Å². The highest BCUT2D eigenvalue weighted by Gasteiger charge is 2.30. The Kier molecular flexibility index (Phi) is 4.07. The summed E-state index contributed by atoms with van der Waals surface area (Å²) < 4.78 is 41.4. The van der Waals surface area contributed by atoms with Gasteiger partial charge in [-0.05, 0) is 36.4 Å². The second-order valence-electron chi connectivity index (χ2n) is 4.86. The number of rotatable bonds is 4. The van der Waals surface area contributed by atoms with Gasteiger partial charge in [0.2, 0.25) is 5.91 Å². The van der Waals surface area contributed by atoms with E-state index in [0.29, 0.717) is 16.7 Å². The number of anilines is 1. The molecule has 1 amide bonds. The minimum Gasteiger partial charge on any atom is -0.406 e. The van der Waals surface area contributed by atoms with Gasteiger partial charge in [0.05, 0.1) is 5.52 Å². The molecule has 0 aliphatic carbocycles. The van der Waals surface area contributed by atoms with Gasteiger partial charge < -0.3 is 10.1 Å². The van der Waals surface area contributed by atoms with Crippen molar-refractivity contribution >= 4 is 22.6 Å². The molecule has 0 aliphatic rings. The minimum absolute atomic E-state index is 0.0681. The molecule has 1 aromatic heterocycles. The molecule has 0 saturated heterocycles. The van der Waals surface area contributed by atoms with Crippen molar-refractivity contribution in [2.75, 3.05) is 5.32 Å². The quantitative estimate of drug-likeness (QED) is 0.795. The number of para-hydroxylation sites is 1. The van der Waals surface area contributed by atoms with Crippen LogP contribution in [0.3, 0.4) is 0 Å². The predicted molar refractivity (Wildman–Crippen MR) is 79.3 cm³/mol. The molecule has 3 rings (SSSR count). The third-order valence-electron chi connectivity index (χ3n) is 3.09. The van der Waals surface area contributed by atoms with Gasteiger partial charge in [0.15, 0.2) is 0 Å². The minimum atomic E-state index is -4.75. The van der Waals surface area contributed by atoms with E-state index in [0.717, 1.165) is 12.1 Å². The van der Waals surface area contributed by atoms with Crippen LogP contribution in [-0.2, 0) is 11.3 Å². The summed E-state index contributed by atoms with van der Waals surface area (Å²) in [5, 5.41) is 10.4. The van der Waals surface area contributed by atoms with E-state index in [-0.39, 0.29) is 18.2 Å². The van der Waals surface area contributed by atoms with Crippen molar-refractivity contribution in [3.8, 4) is 5.75 Å². The molecule has 1 N–H and O–H groups in total. The van der Waals surface area contributed by atoms with Crippen molar-refractivity contribution in [2.45, 2.75) is 12.9 Å². The summed E-state index contributed by atoms with van der Waals surface area (Å²) in [6.07, 6.45) is -4.75. The molecule has 9 heteroatoms. The maximum atomic E-state index is 12.1. The van der Waals surface area contributed by atoms with Crippen molar-refractivity contribution in [3.63, 3.8) is 0 Å². The molecule has 0 aliphatic heterocycles. The highest BCUT2D eigenvalue weighted by molar-refractivity contribution is 5.91. The first kappa shape index (κ1) is 15.8. The van der Waals surface area contributed by atoms with E-state index in [1.54, 1.807) is 18.2 Å². The van der Waals surface area contributed by atoms with E-state index in [9.17, 15) is 18.0 Å². The summed E-state index contributed by atoms with van der Waals surface area (Å²) >= 11 is 0. The standard InChI is InChI=1S/C15H11F3N4O2/c16-15(17,18)24-11-7-5-10(6-8-11)19-14(23)9-22-13-4-2-1-3-12(13)20-21-22/h1-8H,9H2,(H,19,23). The molecule has 3 aromatic rings. The number of nitrogens with zero attached hydrogens (tertiary/aromatic N) is 3. The number of benzene rings is 2. The van der Waals surface area contributed by atoms with Crippen LogP contribution in [0.15, 0.2) is 48.5 Å². The van der Waals surface area contributed by atoms with Gasteiger partial charge in [0.1, 0.15) is 17.8 Å². The van der Waals surface area contributed by atoms with Gasteiger partial charge in [0, 0.05) is 5.69 Å². The number of hydrogen-bond acceptors (Lipinski definition) is 4. The van der Waals surface area contributed by atoms with Gasteiger partial charge in [0.25, 0.3) is 0 Å². The van der Waals surface area contributed by atoms with Crippen LogP contribution in [0.4, 0.5) is 18.9 Å². The number of nitrogens with one attached hydrogen (secondary N) is 1. The maximum Gasteiger partial charge on any atom is 0.573 e. The normalized spacial score (nSPS) is 11.5. The van der Waals surface area contributed by atoms with Gasteiger partial charge in [-0.25, -0.2) is 4.68 Å². The van der Waals surface area contributed by atoms with Crippen molar-refractivity contribution < 1.29 is 22.7 Å². The third-order valence-corrected chi connectivity index (χ3v) is 3.09. The topological polar surface area (TPSA) is 69.0 Å². The molecule has 0 radical (unpaired) electrons. The van der Waals surface area contributed by atoms with Gasteiger partial charge in [-0.2, -0.15) is 0 Å². The zero-order chi connectivity index (χ0) is 17.2. The largest absolute Gasteiger partial charge is 0.573 e. The van der Waals surface area contributed by atoms with Gasteiger partial charge in [-0.3, -0.25) is 4.79 Å². The lowest BCUT2D eigenvalue weighted by atomic mass is 10.3. The van der Waals surface area contributed by atoms with Crippen LogP contribution in [0, 0.1) is 0 Å². The van der Waals surface area contributed by atoms with Crippen molar-refractivity contribution in [3.05, 3.63) is 48.5 Å². The maximum absolute atomic E-state index is 12.1. The molecule has 0 saturated carbocycles. The zero-order valence-corrected chi connectivity index (χ0v) is 12.1. The van der Waals surface area contributed by atoms with Crippen molar-refractivity contribution in [2.24, 2.45) is 0 Å². The first-order valence-electron chi connectivity index (χ1n) is 6.85. The van der Waals surface area contributed by atoms with Crippen LogP contribution >= 0.6 is 0 Å². The number of hydrogen-bond donors (Lipinski definition) is 1. The van der Waals surface area contributed by atoms with E-state index >= 15 is 0 Å². The molecule has 0 bridgehead atoms. The molecule has 0 fully saturated rings. The molecular formula is C15H11F3N4O2. The molecule has 0 spiro atoms. The zero-order valence-electron chi connectivity index (χ0n) is 12.1. The second kappa shape index (κ2) is 6.19. The molecule has 124 valence electrons. The van der Waals surface area contributed by atoms with Crippen LogP contribution in [0.2, 0.25) is 0 Å². The molecule has 6 nitrogen and oxygen atoms in total. The molecule has 0 unspecified atom stereocenters. The molecule has 24 heavy (non-hydrogen) atoms. The Bertz CT molecular complexity index is 859. The number of carbonyl (C=O) groups is 1. The highest BCUT2D eigenvalue weighted by Crippen LogP contribution is 2.24. The Hall–Kier alpha value is -3.10. The fourth-order valence-electron chi connectivity index (χ4n) is 2.11. The van der Waals surface area contributed by atoms with Gasteiger partial charge in [-0.1, -0.05) is 17.3 Å². The Morgan fingerprint density at radius 1 is 1.12 bits per heavy atom. The first-order valence-corrected chi connectivity index (χ1v) is 6.85. The number of ether oxygens (including phenoxy) is 1. The van der Waals surface area contributed by atoms with Crippen LogP contribution in [0.1, 0.15) is 0 Å². The summed E-state index contributed by atoms with van der Waals surface area (Å²) in [6, 6.07) is 12.0. The fourth-order valence-corrected chi connectivity index (χ4v) is 2.11. The number of fused-ring (bicyclic) bond motifs is 1. The van der Waals surface area contributed by atoms with E-state index in [4.69, 9.17) is 0 Å². The van der Waals surface area contributed by atoms with Gasteiger partial charge in [-0.15, -0.1) is 18.3 Å². The second-order valence-corrected chi connectivity index (χ2v) is 4.86. The van der Waals surface area contributed by atoms with E-state index in [1.165, 1.54) is 16.8 Å². The summed E-state index contributed by atoms with van der Waals surface area (Å²) in [6.45, 7) is -0.0681. The Labute approximate surface area is 133 Å². The number of alkyl halides is 3. The van der Waals surface area contributed by atoms with Crippen LogP contribution in [0.5, 0.6) is 5.75 Å². The summed E-state index contributed by atoms with van der Waals surface area (Å²) in [7, 11) is 0. The number of carbonyl (C=O) groups excluding carboxylic acids is 1. The first-order chi connectivity index (χ1) is 11.4. The Morgan fingerprint density at radius 2 is 1.83 bits per heavy atom. The fraction of sp³-hybridized carbons (Fsp3) is 0.133. The monoisotopic (exact) mass is 336 g/mol. The Morgan fingerprint density at radius 3 is 2.54 bits per heavy atom.